The van der Waals surface area contributed by atoms with Gasteiger partial charge >= 0.3 is 0 Å². The van der Waals surface area contributed by atoms with Crippen molar-refractivity contribution in [3.63, 3.8) is 0 Å². The van der Waals surface area contributed by atoms with Gasteiger partial charge in [-0.1, -0.05) is 24.3 Å². The third-order valence-electron chi connectivity index (χ3n) is 3.89. The van der Waals surface area contributed by atoms with Gasteiger partial charge < -0.3 is 21.4 Å². The van der Waals surface area contributed by atoms with Gasteiger partial charge in [0.05, 0.1) is 0 Å². The summed E-state index contributed by atoms with van der Waals surface area (Å²) in [5.41, 5.74) is 10.8. The minimum Gasteiger partial charge on any atom is -0.402 e. The van der Waals surface area contributed by atoms with E-state index in [2.05, 4.69) is 41.5 Å². The van der Waals surface area contributed by atoms with Crippen molar-refractivity contribution < 1.29 is 0 Å². The summed E-state index contributed by atoms with van der Waals surface area (Å²) in [4.78, 5) is 2.29. The molecule has 1 aliphatic heterocycles. The minimum atomic E-state index is 0.134. The molecule has 2 rings (SSSR count). The highest BCUT2D eigenvalue weighted by atomic mass is 15.1. The summed E-state index contributed by atoms with van der Waals surface area (Å²) in [6.45, 7) is 2.73. The lowest BCUT2D eigenvalue weighted by Crippen LogP contribution is -2.29. The average molecular weight is 272 g/mol. The van der Waals surface area contributed by atoms with E-state index in [0.29, 0.717) is 0 Å². The highest BCUT2D eigenvalue weighted by molar-refractivity contribution is 5.71. The minimum absolute atomic E-state index is 0.134. The third-order valence-corrected chi connectivity index (χ3v) is 3.89. The van der Waals surface area contributed by atoms with Gasteiger partial charge in [0.2, 0.25) is 0 Å². The standard InChI is InChI=1S/C16H24N4/c1-19-10-14(9-17)12-3-5-13(6-4-12)15-11-20(2)8-7-16(15)18/h3-6,9,14,17,19H,7-8,10-11,18H2,1-2H3. The van der Waals surface area contributed by atoms with Crippen LogP contribution in [0.2, 0.25) is 0 Å². The Morgan fingerprint density at radius 3 is 2.70 bits per heavy atom. The molecule has 0 saturated heterocycles. The Bertz CT molecular complexity index is 490. The van der Waals surface area contributed by atoms with Crippen molar-refractivity contribution >= 4 is 11.8 Å². The van der Waals surface area contributed by atoms with E-state index in [4.69, 9.17) is 11.1 Å². The quantitative estimate of drug-likeness (QED) is 0.714. The molecule has 20 heavy (non-hydrogen) atoms. The van der Waals surface area contributed by atoms with Gasteiger partial charge in [-0.15, -0.1) is 0 Å². The zero-order valence-corrected chi connectivity index (χ0v) is 12.3. The number of likely N-dealkylation sites (N-methyl/N-ethyl adjacent to an activating group) is 2. The van der Waals surface area contributed by atoms with Crippen LogP contribution in [0.3, 0.4) is 0 Å². The zero-order chi connectivity index (χ0) is 14.5. The lowest BCUT2D eigenvalue weighted by atomic mass is 9.94. The Labute approximate surface area is 121 Å². The van der Waals surface area contributed by atoms with Crippen LogP contribution in [0, 0.1) is 5.41 Å². The van der Waals surface area contributed by atoms with Crippen molar-refractivity contribution in [1.29, 1.82) is 5.41 Å². The van der Waals surface area contributed by atoms with Gasteiger partial charge in [0.25, 0.3) is 0 Å². The second kappa shape index (κ2) is 6.68. The smallest absolute Gasteiger partial charge is 0.0311 e. The molecule has 1 atom stereocenters. The van der Waals surface area contributed by atoms with E-state index in [1.165, 1.54) is 22.9 Å². The largest absolute Gasteiger partial charge is 0.402 e. The van der Waals surface area contributed by atoms with Gasteiger partial charge in [-0.05, 0) is 37.2 Å². The lowest BCUT2D eigenvalue weighted by Gasteiger charge is -2.26. The molecule has 1 heterocycles. The van der Waals surface area contributed by atoms with Crippen molar-refractivity contribution in [1.82, 2.24) is 10.2 Å². The highest BCUT2D eigenvalue weighted by Crippen LogP contribution is 2.24. The van der Waals surface area contributed by atoms with Crippen LogP contribution in [0.5, 0.6) is 0 Å². The van der Waals surface area contributed by atoms with Crippen molar-refractivity contribution in [3.8, 4) is 0 Å². The zero-order valence-electron chi connectivity index (χ0n) is 12.3. The van der Waals surface area contributed by atoms with Gasteiger partial charge in [0.1, 0.15) is 0 Å². The van der Waals surface area contributed by atoms with Gasteiger partial charge in [-0.25, -0.2) is 0 Å². The van der Waals surface area contributed by atoms with E-state index >= 15 is 0 Å². The topological polar surface area (TPSA) is 65.1 Å². The van der Waals surface area contributed by atoms with E-state index in [9.17, 15) is 0 Å². The molecule has 0 aliphatic carbocycles. The molecule has 0 aromatic heterocycles. The van der Waals surface area contributed by atoms with Gasteiger partial charge in [0, 0.05) is 37.5 Å². The van der Waals surface area contributed by atoms with Crippen LogP contribution >= 0.6 is 0 Å². The van der Waals surface area contributed by atoms with Gasteiger partial charge in [-0.2, -0.15) is 0 Å². The molecule has 108 valence electrons. The molecule has 1 unspecified atom stereocenters. The van der Waals surface area contributed by atoms with E-state index in [1.54, 1.807) is 0 Å². The fourth-order valence-corrected chi connectivity index (χ4v) is 2.61. The van der Waals surface area contributed by atoms with Gasteiger partial charge in [0.15, 0.2) is 0 Å². The second-order valence-corrected chi connectivity index (χ2v) is 5.44. The van der Waals surface area contributed by atoms with Crippen molar-refractivity contribution in [2.75, 3.05) is 33.7 Å². The maximum absolute atomic E-state index is 7.51. The Hall–Kier alpha value is -1.65. The molecule has 0 radical (unpaired) electrons. The molecule has 4 N–H and O–H groups in total. The van der Waals surface area contributed by atoms with Crippen LogP contribution in [0.1, 0.15) is 23.5 Å². The van der Waals surface area contributed by atoms with Crippen molar-refractivity contribution in [2.45, 2.75) is 12.3 Å². The number of nitrogens with zero attached hydrogens (tertiary/aromatic N) is 1. The maximum atomic E-state index is 7.51. The van der Waals surface area contributed by atoms with Crippen molar-refractivity contribution in [2.24, 2.45) is 5.73 Å². The molecule has 1 aromatic carbocycles. The highest BCUT2D eigenvalue weighted by Gasteiger charge is 2.16. The predicted octanol–water partition coefficient (Wildman–Crippen LogP) is 1.64. The number of hydrogen-bond donors (Lipinski definition) is 3. The molecule has 1 aromatic rings. The third kappa shape index (κ3) is 3.26. The van der Waals surface area contributed by atoms with Crippen molar-refractivity contribution in [3.05, 3.63) is 41.1 Å². The van der Waals surface area contributed by atoms with E-state index in [-0.39, 0.29) is 5.92 Å². The molecular weight excluding hydrogens is 248 g/mol. The summed E-state index contributed by atoms with van der Waals surface area (Å²) < 4.78 is 0. The van der Waals surface area contributed by atoms with E-state index in [1.807, 2.05) is 7.05 Å². The Morgan fingerprint density at radius 1 is 1.40 bits per heavy atom. The second-order valence-electron chi connectivity index (χ2n) is 5.44. The van der Waals surface area contributed by atoms with E-state index in [0.717, 1.165) is 31.8 Å². The Kier molecular flexibility index (Phi) is 4.93. The van der Waals surface area contributed by atoms with Crippen LogP contribution in [0.25, 0.3) is 5.57 Å². The summed E-state index contributed by atoms with van der Waals surface area (Å²) in [5, 5.41) is 10.6. The van der Waals surface area contributed by atoms with Crippen LogP contribution in [0.15, 0.2) is 30.0 Å². The fraction of sp³-hybridized carbons (Fsp3) is 0.438. The van der Waals surface area contributed by atoms with E-state index < -0.39 is 0 Å². The lowest BCUT2D eigenvalue weighted by molar-refractivity contribution is 0.366. The Morgan fingerprint density at radius 2 is 2.10 bits per heavy atom. The number of hydrogen-bond acceptors (Lipinski definition) is 4. The number of benzene rings is 1. The Balaban J connectivity index is 2.21. The normalized spacial score (nSPS) is 18.1. The molecule has 1 aliphatic rings. The molecule has 0 spiro atoms. The molecular formula is C16H24N4. The maximum Gasteiger partial charge on any atom is 0.0311 e. The monoisotopic (exact) mass is 272 g/mol. The first-order chi connectivity index (χ1) is 9.65. The number of nitrogens with two attached hydrogens (primary N) is 1. The first-order valence-corrected chi connectivity index (χ1v) is 7.07. The summed E-state index contributed by atoms with van der Waals surface area (Å²) in [7, 11) is 4.03. The summed E-state index contributed by atoms with van der Waals surface area (Å²) in [6, 6.07) is 8.47. The molecule has 0 amide bonds. The van der Waals surface area contributed by atoms with Crippen LogP contribution < -0.4 is 11.1 Å². The molecule has 0 fully saturated rings. The summed E-state index contributed by atoms with van der Waals surface area (Å²) in [5.74, 6) is 0.134. The van der Waals surface area contributed by atoms with Crippen LogP contribution in [0.4, 0.5) is 0 Å². The number of rotatable bonds is 5. The number of nitrogens with one attached hydrogen (secondary N) is 2. The first-order valence-electron chi connectivity index (χ1n) is 7.07. The average Bonchev–Trinajstić information content (AvgIpc) is 2.47. The molecule has 0 bridgehead atoms. The predicted molar refractivity (Wildman–Crippen MR) is 85.1 cm³/mol. The summed E-state index contributed by atoms with van der Waals surface area (Å²) in [6.07, 6.45) is 2.43. The first kappa shape index (κ1) is 14.8. The molecule has 4 heteroatoms. The SMILES string of the molecule is CNCC(C=N)c1ccc(C2=C(N)CCN(C)C2)cc1. The fourth-order valence-electron chi connectivity index (χ4n) is 2.61. The summed E-state index contributed by atoms with van der Waals surface area (Å²) >= 11 is 0. The van der Waals surface area contributed by atoms with Crippen LogP contribution in [-0.2, 0) is 0 Å². The van der Waals surface area contributed by atoms with Gasteiger partial charge in [-0.3, -0.25) is 0 Å². The molecule has 4 nitrogen and oxygen atoms in total. The van der Waals surface area contributed by atoms with Crippen LogP contribution in [-0.4, -0.2) is 44.8 Å². The molecule has 0 saturated carbocycles.